The highest BCUT2D eigenvalue weighted by atomic mass is 32.1. The molecular weight excluding hydrogens is 418 g/mol. The minimum absolute atomic E-state index is 0.481. The molecule has 1 heterocycles. The summed E-state index contributed by atoms with van der Waals surface area (Å²) in [5.74, 6) is 1.97. The quantitative estimate of drug-likeness (QED) is 0.403. The molecule has 0 spiro atoms. The van der Waals surface area contributed by atoms with Crippen LogP contribution in [0.4, 0.5) is 5.69 Å². The van der Waals surface area contributed by atoms with Crippen LogP contribution in [0.1, 0.15) is 48.6 Å². The average molecular weight is 446 g/mol. The van der Waals surface area contributed by atoms with Crippen molar-refractivity contribution in [2.24, 2.45) is 0 Å². The third kappa shape index (κ3) is 4.95. The number of thiazole rings is 1. The van der Waals surface area contributed by atoms with Crippen molar-refractivity contribution in [2.45, 2.75) is 38.0 Å². The molecule has 0 atom stereocenters. The van der Waals surface area contributed by atoms with Gasteiger partial charge in [0.15, 0.2) is 11.5 Å². The molecule has 0 bridgehead atoms. The van der Waals surface area contributed by atoms with Gasteiger partial charge >= 0.3 is 0 Å². The molecule has 4 rings (SSSR count). The Labute approximate surface area is 193 Å². The number of nitriles is 1. The summed E-state index contributed by atoms with van der Waals surface area (Å²) in [4.78, 5) is 4.71. The third-order valence-electron chi connectivity index (χ3n) is 5.90. The molecular formula is C26H27N3O2S. The molecule has 164 valence electrons. The van der Waals surface area contributed by atoms with Gasteiger partial charge in [-0.15, -0.1) is 11.3 Å². The Kier molecular flexibility index (Phi) is 7.08. The maximum Gasteiger partial charge on any atom is 0.162 e. The number of rotatable bonds is 7. The number of ether oxygens (including phenoxy) is 2. The maximum atomic E-state index is 9.66. The molecule has 1 fully saturated rings. The standard InChI is InChI=1S/C26H27N3O2S/c1-30-24-13-12-22(14-25(24)31-2)28-16-21(15-27)26-29-23(17-32-26)20-10-8-19(9-11-20)18-6-4-3-5-7-18/h8-14,16-18,28H,3-7H2,1-2H3. The van der Waals surface area contributed by atoms with Crippen LogP contribution in [0, 0.1) is 11.3 Å². The lowest BCUT2D eigenvalue weighted by atomic mass is 9.84. The van der Waals surface area contributed by atoms with Crippen molar-refractivity contribution < 1.29 is 9.47 Å². The van der Waals surface area contributed by atoms with Crippen molar-refractivity contribution in [3.8, 4) is 28.8 Å². The van der Waals surface area contributed by atoms with Crippen molar-refractivity contribution in [1.29, 1.82) is 5.26 Å². The van der Waals surface area contributed by atoms with E-state index in [9.17, 15) is 5.26 Å². The Hall–Kier alpha value is -3.30. The van der Waals surface area contributed by atoms with Gasteiger partial charge in [-0.2, -0.15) is 5.26 Å². The van der Waals surface area contributed by atoms with E-state index in [2.05, 4.69) is 35.7 Å². The third-order valence-corrected chi connectivity index (χ3v) is 6.78. The van der Waals surface area contributed by atoms with Crippen molar-refractivity contribution in [2.75, 3.05) is 19.5 Å². The van der Waals surface area contributed by atoms with Crippen LogP contribution >= 0.6 is 11.3 Å². The summed E-state index contributed by atoms with van der Waals surface area (Å²) in [5, 5.41) is 15.5. The van der Waals surface area contributed by atoms with E-state index >= 15 is 0 Å². The van der Waals surface area contributed by atoms with Gasteiger partial charge in [-0.05, 0) is 36.5 Å². The Morgan fingerprint density at radius 1 is 1.06 bits per heavy atom. The summed E-state index contributed by atoms with van der Waals surface area (Å²) in [6.45, 7) is 0. The number of nitrogens with zero attached hydrogens (tertiary/aromatic N) is 2. The topological polar surface area (TPSA) is 67.2 Å². The van der Waals surface area contributed by atoms with E-state index in [1.807, 2.05) is 23.6 Å². The van der Waals surface area contributed by atoms with Crippen LogP contribution in [0.3, 0.4) is 0 Å². The van der Waals surface area contributed by atoms with Gasteiger partial charge in [0.1, 0.15) is 16.6 Å². The second-order valence-corrected chi connectivity index (χ2v) is 8.74. The molecule has 0 radical (unpaired) electrons. The SMILES string of the molecule is COc1ccc(NC=C(C#N)c2nc(-c3ccc(C4CCCCC4)cc3)cs2)cc1OC. The van der Waals surface area contributed by atoms with Crippen molar-refractivity contribution in [3.05, 3.63) is 64.6 Å². The number of aromatic nitrogens is 1. The molecule has 0 amide bonds. The van der Waals surface area contributed by atoms with Crippen molar-refractivity contribution >= 4 is 22.6 Å². The van der Waals surface area contributed by atoms with Crippen LogP contribution in [0.2, 0.25) is 0 Å². The molecule has 0 unspecified atom stereocenters. The predicted molar refractivity (Wildman–Crippen MR) is 130 cm³/mol. The summed E-state index contributed by atoms with van der Waals surface area (Å²) < 4.78 is 10.6. The summed E-state index contributed by atoms with van der Waals surface area (Å²) >= 11 is 1.47. The zero-order valence-electron chi connectivity index (χ0n) is 18.4. The van der Waals surface area contributed by atoms with E-state index in [1.54, 1.807) is 20.4 Å². The largest absolute Gasteiger partial charge is 0.493 e. The van der Waals surface area contributed by atoms with Crippen LogP contribution in [-0.2, 0) is 0 Å². The van der Waals surface area contributed by atoms with Gasteiger partial charge in [0.05, 0.1) is 19.9 Å². The van der Waals surface area contributed by atoms with Gasteiger partial charge < -0.3 is 14.8 Å². The first kappa shape index (κ1) is 21.9. The monoisotopic (exact) mass is 445 g/mol. The first-order chi connectivity index (χ1) is 15.7. The highest BCUT2D eigenvalue weighted by Gasteiger charge is 2.16. The molecule has 5 nitrogen and oxygen atoms in total. The van der Waals surface area contributed by atoms with Crippen LogP contribution < -0.4 is 14.8 Å². The Morgan fingerprint density at radius 2 is 1.81 bits per heavy atom. The number of anilines is 1. The number of nitrogens with one attached hydrogen (secondary N) is 1. The lowest BCUT2D eigenvalue weighted by Gasteiger charge is -2.22. The number of hydrogen-bond donors (Lipinski definition) is 1. The minimum atomic E-state index is 0.481. The number of allylic oxidation sites excluding steroid dienone is 1. The Bertz CT molecular complexity index is 1120. The molecule has 0 saturated heterocycles. The van der Waals surface area contributed by atoms with Gasteiger partial charge in [0.25, 0.3) is 0 Å². The van der Waals surface area contributed by atoms with E-state index in [0.717, 1.165) is 16.9 Å². The van der Waals surface area contributed by atoms with Crippen LogP contribution in [-0.4, -0.2) is 19.2 Å². The average Bonchev–Trinajstić information content (AvgIpc) is 3.35. The van der Waals surface area contributed by atoms with Crippen molar-refractivity contribution in [3.63, 3.8) is 0 Å². The fourth-order valence-electron chi connectivity index (χ4n) is 4.12. The molecule has 1 aliphatic carbocycles. The Morgan fingerprint density at radius 3 is 2.50 bits per heavy atom. The first-order valence-electron chi connectivity index (χ1n) is 10.9. The molecule has 0 aliphatic heterocycles. The lowest BCUT2D eigenvalue weighted by Crippen LogP contribution is -2.04. The van der Waals surface area contributed by atoms with Crippen molar-refractivity contribution in [1.82, 2.24) is 4.98 Å². The molecule has 3 aromatic rings. The lowest BCUT2D eigenvalue weighted by molar-refractivity contribution is 0.355. The molecule has 6 heteroatoms. The molecule has 32 heavy (non-hydrogen) atoms. The van der Waals surface area contributed by atoms with Crippen LogP contribution in [0.5, 0.6) is 11.5 Å². The van der Waals surface area contributed by atoms with Gasteiger partial charge in [-0.3, -0.25) is 0 Å². The number of hydrogen-bond acceptors (Lipinski definition) is 6. The summed E-state index contributed by atoms with van der Waals surface area (Å²) in [6.07, 6.45) is 8.31. The zero-order chi connectivity index (χ0) is 22.3. The van der Waals surface area contributed by atoms with E-state index in [-0.39, 0.29) is 0 Å². The number of methoxy groups -OCH3 is 2. The highest BCUT2D eigenvalue weighted by Crippen LogP contribution is 2.34. The number of benzene rings is 2. The van der Waals surface area contributed by atoms with Gasteiger partial charge in [0.2, 0.25) is 0 Å². The smallest absolute Gasteiger partial charge is 0.162 e. The summed E-state index contributed by atoms with van der Waals surface area (Å²) in [6, 6.07) is 16.5. The van der Waals surface area contributed by atoms with Gasteiger partial charge in [-0.1, -0.05) is 43.5 Å². The second-order valence-electron chi connectivity index (χ2n) is 7.88. The summed E-state index contributed by atoms with van der Waals surface area (Å²) in [5.41, 5.74) is 4.69. The summed E-state index contributed by atoms with van der Waals surface area (Å²) in [7, 11) is 3.19. The van der Waals surface area contributed by atoms with E-state index in [0.29, 0.717) is 28.0 Å². The van der Waals surface area contributed by atoms with E-state index in [4.69, 9.17) is 14.5 Å². The molecule has 1 aromatic heterocycles. The minimum Gasteiger partial charge on any atom is -0.493 e. The van der Waals surface area contributed by atoms with E-state index < -0.39 is 0 Å². The van der Waals surface area contributed by atoms with E-state index in [1.165, 1.54) is 49.0 Å². The zero-order valence-corrected chi connectivity index (χ0v) is 19.2. The fourth-order valence-corrected chi connectivity index (χ4v) is 4.91. The Balaban J connectivity index is 1.48. The normalized spacial score (nSPS) is 14.6. The van der Waals surface area contributed by atoms with Gasteiger partial charge in [0, 0.05) is 28.9 Å². The molecule has 1 aliphatic rings. The fraction of sp³-hybridized carbons (Fsp3) is 0.308. The molecule has 2 aromatic carbocycles. The predicted octanol–water partition coefficient (Wildman–Crippen LogP) is 6.85. The van der Waals surface area contributed by atoms with Crippen LogP contribution in [0.25, 0.3) is 16.8 Å². The maximum absolute atomic E-state index is 9.66. The second kappa shape index (κ2) is 10.3. The first-order valence-corrected chi connectivity index (χ1v) is 11.7. The molecule has 1 N–H and O–H groups in total. The van der Waals surface area contributed by atoms with Gasteiger partial charge in [-0.25, -0.2) is 4.98 Å². The van der Waals surface area contributed by atoms with Crippen LogP contribution in [0.15, 0.2) is 54.0 Å². The highest BCUT2D eigenvalue weighted by molar-refractivity contribution is 7.11. The molecule has 1 saturated carbocycles.